The van der Waals surface area contributed by atoms with E-state index in [2.05, 4.69) is 17.3 Å². The predicted octanol–water partition coefficient (Wildman–Crippen LogP) is 4.67. The molecule has 1 heterocycles. The van der Waals surface area contributed by atoms with E-state index in [1.165, 1.54) is 16.8 Å². The quantitative estimate of drug-likeness (QED) is 0.679. The maximum absolute atomic E-state index is 12.5. The van der Waals surface area contributed by atoms with Crippen LogP contribution in [0, 0.1) is 13.8 Å². The monoisotopic (exact) mass is 377 g/mol. The molecule has 0 aliphatic carbocycles. The molecule has 0 spiro atoms. The van der Waals surface area contributed by atoms with E-state index in [9.17, 15) is 4.79 Å². The second kappa shape index (κ2) is 8.30. The molecule has 1 N–H and O–H groups in total. The van der Waals surface area contributed by atoms with Crippen molar-refractivity contribution >= 4 is 11.6 Å². The second-order valence-electron chi connectivity index (χ2n) is 7.29. The minimum atomic E-state index is -0.136. The molecule has 1 aromatic heterocycles. The molecule has 28 heavy (non-hydrogen) atoms. The summed E-state index contributed by atoms with van der Waals surface area (Å²) in [6, 6.07) is 15.1. The number of nitrogens with zero attached hydrogens (tertiary/aromatic N) is 2. The summed E-state index contributed by atoms with van der Waals surface area (Å²) in [6.07, 6.45) is 0.939. The summed E-state index contributed by atoms with van der Waals surface area (Å²) in [5.74, 6) is 0.625. The maximum Gasteiger partial charge on any atom is 0.255 e. The van der Waals surface area contributed by atoms with Gasteiger partial charge in [-0.25, -0.2) is 0 Å². The van der Waals surface area contributed by atoms with Gasteiger partial charge in [-0.2, -0.15) is 5.10 Å². The molecule has 1 amide bonds. The number of carbonyl (C=O) groups is 1. The molecule has 2 aromatic carbocycles. The van der Waals surface area contributed by atoms with Gasteiger partial charge in [0.2, 0.25) is 0 Å². The van der Waals surface area contributed by atoms with E-state index in [0.29, 0.717) is 5.56 Å². The number of carbonyl (C=O) groups excluding carboxylic acids is 1. The molecule has 5 nitrogen and oxygen atoms in total. The average Bonchev–Trinajstić information content (AvgIpc) is 2.89. The molecule has 0 saturated heterocycles. The van der Waals surface area contributed by atoms with Gasteiger partial charge in [-0.05, 0) is 69.7 Å². The zero-order valence-corrected chi connectivity index (χ0v) is 17.1. The maximum atomic E-state index is 12.5. The third kappa shape index (κ3) is 4.60. The van der Waals surface area contributed by atoms with Crippen LogP contribution in [0.5, 0.6) is 5.75 Å². The third-order valence-corrected chi connectivity index (χ3v) is 4.74. The molecule has 0 aliphatic heterocycles. The van der Waals surface area contributed by atoms with Gasteiger partial charge in [0, 0.05) is 36.0 Å². The van der Waals surface area contributed by atoms with Gasteiger partial charge >= 0.3 is 0 Å². The van der Waals surface area contributed by atoms with Crippen molar-refractivity contribution < 1.29 is 9.53 Å². The van der Waals surface area contributed by atoms with Crippen molar-refractivity contribution in [2.24, 2.45) is 7.05 Å². The van der Waals surface area contributed by atoms with E-state index in [1.807, 2.05) is 68.9 Å². The SMILES string of the molecule is Cc1nn(C)c(C)c1Cc1ccc(NC(=O)c2ccc(OC(C)C)cc2)cc1. The second-order valence-corrected chi connectivity index (χ2v) is 7.29. The highest BCUT2D eigenvalue weighted by Gasteiger charge is 2.11. The van der Waals surface area contributed by atoms with Crippen LogP contribution in [0.3, 0.4) is 0 Å². The minimum absolute atomic E-state index is 0.109. The van der Waals surface area contributed by atoms with Crippen LogP contribution in [0.25, 0.3) is 0 Å². The molecule has 0 fully saturated rings. The Kier molecular flexibility index (Phi) is 5.83. The summed E-state index contributed by atoms with van der Waals surface area (Å²) in [5, 5.41) is 7.41. The zero-order valence-electron chi connectivity index (χ0n) is 17.1. The first-order valence-corrected chi connectivity index (χ1v) is 9.49. The van der Waals surface area contributed by atoms with Crippen LogP contribution in [0.15, 0.2) is 48.5 Å². The van der Waals surface area contributed by atoms with Crippen LogP contribution >= 0.6 is 0 Å². The predicted molar refractivity (Wildman–Crippen MR) is 112 cm³/mol. The zero-order chi connectivity index (χ0) is 20.3. The Hall–Kier alpha value is -3.08. The Morgan fingerprint density at radius 3 is 2.25 bits per heavy atom. The fourth-order valence-electron chi connectivity index (χ4n) is 3.14. The number of hydrogen-bond acceptors (Lipinski definition) is 3. The van der Waals surface area contributed by atoms with E-state index in [0.717, 1.165) is 23.6 Å². The van der Waals surface area contributed by atoms with Gasteiger partial charge in [0.05, 0.1) is 11.8 Å². The molecule has 0 bridgehead atoms. The number of benzene rings is 2. The molecule has 0 radical (unpaired) electrons. The van der Waals surface area contributed by atoms with E-state index >= 15 is 0 Å². The highest BCUT2D eigenvalue weighted by atomic mass is 16.5. The van der Waals surface area contributed by atoms with E-state index in [-0.39, 0.29) is 12.0 Å². The van der Waals surface area contributed by atoms with Crippen molar-refractivity contribution in [3.63, 3.8) is 0 Å². The molecule has 146 valence electrons. The fraction of sp³-hybridized carbons (Fsp3) is 0.304. The summed E-state index contributed by atoms with van der Waals surface area (Å²) >= 11 is 0. The van der Waals surface area contributed by atoms with Crippen molar-refractivity contribution in [3.8, 4) is 5.75 Å². The molecule has 5 heteroatoms. The van der Waals surface area contributed by atoms with Crippen molar-refractivity contribution in [2.75, 3.05) is 5.32 Å². The largest absolute Gasteiger partial charge is 0.491 e. The van der Waals surface area contributed by atoms with E-state index in [4.69, 9.17) is 4.74 Å². The first-order valence-electron chi connectivity index (χ1n) is 9.49. The number of aromatic nitrogens is 2. The van der Waals surface area contributed by atoms with Crippen LogP contribution in [0.2, 0.25) is 0 Å². The fourth-order valence-corrected chi connectivity index (χ4v) is 3.14. The van der Waals surface area contributed by atoms with Gasteiger partial charge in [-0.1, -0.05) is 12.1 Å². The Bertz CT molecular complexity index is 955. The first kappa shape index (κ1) is 19.7. The van der Waals surface area contributed by atoms with E-state index < -0.39 is 0 Å². The number of anilines is 1. The van der Waals surface area contributed by atoms with Crippen LogP contribution in [0.4, 0.5) is 5.69 Å². The first-order chi connectivity index (χ1) is 13.3. The standard InChI is InChI=1S/C23H27N3O2/c1-15(2)28-21-12-8-19(9-13-21)23(27)24-20-10-6-18(7-11-20)14-22-16(3)25-26(5)17(22)4/h6-13,15H,14H2,1-5H3,(H,24,27). The van der Waals surface area contributed by atoms with Gasteiger partial charge in [0.15, 0.2) is 0 Å². The van der Waals surface area contributed by atoms with Gasteiger partial charge < -0.3 is 10.1 Å². The number of hydrogen-bond donors (Lipinski definition) is 1. The van der Waals surface area contributed by atoms with Crippen LogP contribution in [-0.4, -0.2) is 21.8 Å². The Balaban J connectivity index is 1.64. The lowest BCUT2D eigenvalue weighted by Gasteiger charge is -2.10. The van der Waals surface area contributed by atoms with Gasteiger partial charge in [0.25, 0.3) is 5.91 Å². The molecule has 3 aromatic rings. The van der Waals surface area contributed by atoms with Crippen molar-refractivity contribution in [2.45, 2.75) is 40.2 Å². The summed E-state index contributed by atoms with van der Waals surface area (Å²) < 4.78 is 7.52. The van der Waals surface area contributed by atoms with Gasteiger partial charge in [-0.3, -0.25) is 9.48 Å². The summed E-state index contributed by atoms with van der Waals surface area (Å²) in [4.78, 5) is 12.5. The van der Waals surface area contributed by atoms with Crippen molar-refractivity contribution in [3.05, 3.63) is 76.6 Å². The topological polar surface area (TPSA) is 56.2 Å². The lowest BCUT2D eigenvalue weighted by Crippen LogP contribution is -2.12. The molecular weight excluding hydrogens is 350 g/mol. The molecule has 3 rings (SSSR count). The highest BCUT2D eigenvalue weighted by Crippen LogP contribution is 2.20. The van der Waals surface area contributed by atoms with Crippen LogP contribution < -0.4 is 10.1 Å². The van der Waals surface area contributed by atoms with Gasteiger partial charge in [0.1, 0.15) is 5.75 Å². The Labute approximate surface area is 166 Å². The summed E-state index contributed by atoms with van der Waals surface area (Å²) in [7, 11) is 1.96. The molecule has 0 unspecified atom stereocenters. The van der Waals surface area contributed by atoms with Crippen molar-refractivity contribution in [1.29, 1.82) is 0 Å². The average molecular weight is 377 g/mol. The summed E-state index contributed by atoms with van der Waals surface area (Å²) in [6.45, 7) is 8.07. The molecule has 0 aliphatic rings. The van der Waals surface area contributed by atoms with E-state index in [1.54, 1.807) is 12.1 Å². The Morgan fingerprint density at radius 1 is 1.07 bits per heavy atom. The summed E-state index contributed by atoms with van der Waals surface area (Å²) in [5.41, 5.74) is 6.05. The van der Waals surface area contributed by atoms with Crippen LogP contribution in [-0.2, 0) is 13.5 Å². The van der Waals surface area contributed by atoms with Crippen LogP contribution in [0.1, 0.15) is 46.7 Å². The number of ether oxygens (including phenoxy) is 1. The molecule has 0 atom stereocenters. The molecular formula is C23H27N3O2. The number of rotatable bonds is 6. The number of nitrogens with one attached hydrogen (secondary N) is 1. The highest BCUT2D eigenvalue weighted by molar-refractivity contribution is 6.04. The third-order valence-electron chi connectivity index (χ3n) is 4.74. The Morgan fingerprint density at radius 2 is 1.71 bits per heavy atom. The lowest BCUT2D eigenvalue weighted by molar-refractivity contribution is 0.102. The van der Waals surface area contributed by atoms with Gasteiger partial charge in [-0.15, -0.1) is 0 Å². The molecule has 0 saturated carbocycles. The van der Waals surface area contributed by atoms with Crippen molar-refractivity contribution in [1.82, 2.24) is 9.78 Å². The number of aryl methyl sites for hydroxylation is 2. The number of amides is 1. The smallest absolute Gasteiger partial charge is 0.255 e. The minimum Gasteiger partial charge on any atom is -0.491 e. The normalized spacial score (nSPS) is 10.9. The lowest BCUT2D eigenvalue weighted by atomic mass is 10.0.